The lowest BCUT2D eigenvalue weighted by molar-refractivity contribution is 0.0689. The van der Waals surface area contributed by atoms with E-state index < -0.39 is 19.4 Å². The summed E-state index contributed by atoms with van der Waals surface area (Å²) in [6, 6.07) is 0. The van der Waals surface area contributed by atoms with Crippen LogP contribution in [0.4, 0.5) is 0 Å². The maximum Gasteiger partial charge on any atom is 0.0700 e. The quantitative estimate of drug-likeness (QED) is 0.263. The van der Waals surface area contributed by atoms with Crippen molar-refractivity contribution < 1.29 is 0 Å². The molecule has 213 valence electrons. The Labute approximate surface area is 272 Å². The SMILES string of the molecule is CC(C(C)C(C)C(C)(C)C)C(C)C(C)C(C)(C)C.[B][B]C(C(B([B])[B])C(B([B])B([B])[B])C(C)(C)C)C([B])C(C)(C)C. The molecule has 0 aliphatic carbocycles. The van der Waals surface area contributed by atoms with E-state index in [1.807, 2.05) is 0 Å². The van der Waals surface area contributed by atoms with Gasteiger partial charge < -0.3 is 0 Å². The second-order valence-corrected chi connectivity index (χ2v) is 17.7. The maximum absolute atomic E-state index is 6.48. The molecule has 0 nitrogen and oxygen atoms in total. The zero-order valence-corrected chi connectivity index (χ0v) is 30.5. The standard InChI is InChI=1S/C18H38.C12H22B11/c1-12(13(2)15(4)17(6,7)8)14(3)16(5)18(9,10)11;1-11(2,3)9(13)7(20-14)8(21(15)16)10(12(4,5)6)22(17)23(18)19/h12-16H,1-11H3;7-10H,1-6H3. The summed E-state index contributed by atoms with van der Waals surface area (Å²) in [5.41, 5.74) is 0.457. The molecule has 0 rings (SSSR count). The first kappa shape index (κ1) is 43.8. The van der Waals surface area contributed by atoms with Crippen molar-refractivity contribution in [3.8, 4) is 0 Å². The van der Waals surface area contributed by atoms with Gasteiger partial charge in [0.2, 0.25) is 0 Å². The minimum Gasteiger partial charge on any atom is -0.0887 e. The predicted molar refractivity (Wildman–Crippen MR) is 202 cm³/mol. The Balaban J connectivity index is 0. The molecule has 0 saturated carbocycles. The van der Waals surface area contributed by atoms with E-state index >= 15 is 0 Å². The molecule has 0 fully saturated rings. The molecule has 8 atom stereocenters. The first-order valence-corrected chi connectivity index (χ1v) is 16.0. The highest BCUT2D eigenvalue weighted by Gasteiger charge is 2.44. The molecule has 8 unspecified atom stereocenters. The monoisotopic (exact) mass is 542 g/mol. The van der Waals surface area contributed by atoms with E-state index in [1.165, 1.54) is 0 Å². The fraction of sp³-hybridized carbons (Fsp3) is 1.00. The lowest BCUT2D eigenvalue weighted by atomic mass is 8.83. The molecule has 15 radical (unpaired) electrons. The lowest BCUT2D eigenvalue weighted by Crippen LogP contribution is -2.52. The van der Waals surface area contributed by atoms with Gasteiger partial charge in [-0.2, -0.15) is 0 Å². The Morgan fingerprint density at radius 1 is 0.537 bits per heavy atom. The van der Waals surface area contributed by atoms with Gasteiger partial charge >= 0.3 is 0 Å². The molecule has 0 heterocycles. The van der Waals surface area contributed by atoms with Gasteiger partial charge in [-0.15, -0.1) is 0 Å². The maximum atomic E-state index is 6.48. The Hall–Kier alpha value is 0.714. The average molecular weight is 540 g/mol. The molecule has 0 aromatic carbocycles. The van der Waals surface area contributed by atoms with Crippen LogP contribution in [0, 0.1) is 51.2 Å². The van der Waals surface area contributed by atoms with E-state index in [9.17, 15) is 0 Å². The van der Waals surface area contributed by atoms with E-state index in [-0.39, 0.29) is 34.1 Å². The van der Waals surface area contributed by atoms with Crippen LogP contribution in [0.25, 0.3) is 0 Å². The van der Waals surface area contributed by atoms with Gasteiger partial charge in [-0.05, 0) is 51.2 Å². The van der Waals surface area contributed by atoms with E-state index in [0.717, 1.165) is 29.6 Å². The van der Waals surface area contributed by atoms with Gasteiger partial charge in [0, 0.05) is 65.8 Å². The van der Waals surface area contributed by atoms with Crippen molar-refractivity contribution in [2.75, 3.05) is 0 Å². The smallest absolute Gasteiger partial charge is 0.0700 e. The Morgan fingerprint density at radius 3 is 1.07 bits per heavy atom. The van der Waals surface area contributed by atoms with Crippen LogP contribution in [0.3, 0.4) is 0 Å². The zero-order valence-electron chi connectivity index (χ0n) is 30.5. The van der Waals surface area contributed by atoms with Crippen molar-refractivity contribution in [3.63, 3.8) is 0 Å². The molecule has 0 spiro atoms. The third kappa shape index (κ3) is 13.7. The van der Waals surface area contributed by atoms with Gasteiger partial charge in [-0.3, -0.25) is 0 Å². The number of hydrogen-bond donors (Lipinski definition) is 0. The fourth-order valence-electron chi connectivity index (χ4n) is 6.42. The Morgan fingerprint density at radius 2 is 0.878 bits per heavy atom. The van der Waals surface area contributed by atoms with Gasteiger partial charge in [0.25, 0.3) is 0 Å². The van der Waals surface area contributed by atoms with Crippen molar-refractivity contribution in [1.82, 2.24) is 0 Å². The van der Waals surface area contributed by atoms with Gasteiger partial charge in [0.05, 0.1) is 15.0 Å². The van der Waals surface area contributed by atoms with E-state index in [2.05, 4.69) is 118 Å². The van der Waals surface area contributed by atoms with E-state index in [0.29, 0.717) is 10.8 Å². The van der Waals surface area contributed by atoms with E-state index in [1.54, 1.807) is 7.17 Å². The fourth-order valence-corrected chi connectivity index (χ4v) is 6.42. The molecule has 0 aliphatic heterocycles. The van der Waals surface area contributed by atoms with Crippen LogP contribution >= 0.6 is 0 Å². The first-order valence-electron chi connectivity index (χ1n) is 16.0. The van der Waals surface area contributed by atoms with Gasteiger partial charge in [0.1, 0.15) is 0 Å². The Kier molecular flexibility index (Phi) is 18.0. The summed E-state index contributed by atoms with van der Waals surface area (Å²) in [4.78, 5) is 0. The molecule has 0 aromatic rings. The summed E-state index contributed by atoms with van der Waals surface area (Å²) in [6.07, 6.45) is -0.676. The van der Waals surface area contributed by atoms with Gasteiger partial charge in [-0.25, -0.2) is 0 Å². The van der Waals surface area contributed by atoms with Crippen LogP contribution in [0.2, 0.25) is 23.3 Å². The third-order valence-electron chi connectivity index (χ3n) is 10.8. The van der Waals surface area contributed by atoms with Crippen LogP contribution < -0.4 is 0 Å². The Bertz CT molecular complexity index is 690. The number of hydrogen-bond acceptors (Lipinski definition) is 0. The predicted octanol–water partition coefficient (Wildman–Crippen LogP) is 6.50. The van der Waals surface area contributed by atoms with Crippen molar-refractivity contribution in [1.29, 1.82) is 0 Å². The van der Waals surface area contributed by atoms with Crippen LogP contribution in [0.15, 0.2) is 0 Å². The van der Waals surface area contributed by atoms with Crippen LogP contribution in [-0.4, -0.2) is 80.8 Å². The highest BCUT2D eigenvalue weighted by atomic mass is 14.4. The van der Waals surface area contributed by atoms with Crippen LogP contribution in [0.1, 0.15) is 118 Å². The third-order valence-corrected chi connectivity index (χ3v) is 10.8. The molecule has 0 bridgehead atoms. The average Bonchev–Trinajstić information content (AvgIpc) is 2.78. The van der Waals surface area contributed by atoms with Crippen molar-refractivity contribution in [2.45, 2.75) is 141 Å². The van der Waals surface area contributed by atoms with Crippen molar-refractivity contribution >= 4 is 80.8 Å². The topological polar surface area (TPSA) is 0 Å². The number of rotatable bonds is 11. The second-order valence-electron chi connectivity index (χ2n) is 17.7. The summed E-state index contributed by atoms with van der Waals surface area (Å²) < 4.78 is 0. The molecule has 0 aliphatic rings. The highest BCUT2D eigenvalue weighted by molar-refractivity contribution is 7.67. The van der Waals surface area contributed by atoms with Gasteiger partial charge in [0.15, 0.2) is 0 Å². The van der Waals surface area contributed by atoms with Crippen molar-refractivity contribution in [3.05, 3.63) is 0 Å². The van der Waals surface area contributed by atoms with E-state index in [4.69, 9.17) is 54.3 Å². The molecular formula is C30H60B11. The largest absolute Gasteiger partial charge is 0.0887 e. The summed E-state index contributed by atoms with van der Waals surface area (Å²) in [6.45, 7) is 37.8. The second kappa shape index (κ2) is 16.9. The molecule has 0 saturated heterocycles. The minimum atomic E-state index is -0.676. The molecule has 0 aromatic heterocycles. The zero-order chi connectivity index (χ0) is 33.6. The minimum absolute atomic E-state index is 0.138. The summed E-state index contributed by atoms with van der Waals surface area (Å²) in [5, 5.41) is 0. The van der Waals surface area contributed by atoms with Crippen molar-refractivity contribution in [2.24, 2.45) is 51.2 Å². The lowest BCUT2D eigenvalue weighted by Gasteiger charge is -2.51. The molecule has 41 heavy (non-hydrogen) atoms. The van der Waals surface area contributed by atoms with Crippen LogP contribution in [-0.2, 0) is 0 Å². The summed E-state index contributed by atoms with van der Waals surface area (Å²) in [5.74, 6) is 3.08. The van der Waals surface area contributed by atoms with Gasteiger partial charge in [-0.1, -0.05) is 141 Å². The molecule has 0 N–H and O–H groups in total. The summed E-state index contributed by atoms with van der Waals surface area (Å²) in [7, 11) is 44.4. The highest BCUT2D eigenvalue weighted by Crippen LogP contribution is 2.54. The molecule has 11 heteroatoms. The van der Waals surface area contributed by atoms with Crippen LogP contribution in [0.5, 0.6) is 0 Å². The summed E-state index contributed by atoms with van der Waals surface area (Å²) >= 11 is 0. The molecule has 0 amide bonds. The normalized spacial score (nSPS) is 19.6. The first-order chi connectivity index (χ1) is 18.0. The molecular weight excluding hydrogens is 479 g/mol.